The molecule has 80 valence electrons. The number of nitrogens with zero attached hydrogens (tertiary/aromatic N) is 1. The molecule has 0 bridgehead atoms. The lowest BCUT2D eigenvalue weighted by Gasteiger charge is -2.06. The number of rotatable bonds is 2. The number of hydrogen-bond acceptors (Lipinski definition) is 2. The summed E-state index contributed by atoms with van der Waals surface area (Å²) in [4.78, 5) is 15.1. The number of pyridine rings is 1. The standard InChI is InChI=1S/C12H7ClFNO/c13-12(16)11-9(4-1-5-10(11)14)8-3-2-6-15-7-8/h1-7H. The molecule has 2 nitrogen and oxygen atoms in total. The van der Waals surface area contributed by atoms with Gasteiger partial charge in [-0.1, -0.05) is 18.2 Å². The van der Waals surface area contributed by atoms with Gasteiger partial charge in [0.05, 0.1) is 5.56 Å². The van der Waals surface area contributed by atoms with E-state index in [4.69, 9.17) is 11.6 Å². The summed E-state index contributed by atoms with van der Waals surface area (Å²) >= 11 is 5.36. The van der Waals surface area contributed by atoms with Gasteiger partial charge in [0.2, 0.25) is 0 Å². The van der Waals surface area contributed by atoms with Gasteiger partial charge in [-0.2, -0.15) is 0 Å². The van der Waals surface area contributed by atoms with E-state index in [9.17, 15) is 9.18 Å². The number of halogens is 2. The van der Waals surface area contributed by atoms with Crippen LogP contribution in [0.4, 0.5) is 4.39 Å². The van der Waals surface area contributed by atoms with Gasteiger partial charge in [0.15, 0.2) is 0 Å². The van der Waals surface area contributed by atoms with E-state index in [1.54, 1.807) is 30.6 Å². The molecule has 2 rings (SSSR count). The molecule has 4 heteroatoms. The van der Waals surface area contributed by atoms with Crippen molar-refractivity contribution in [2.75, 3.05) is 0 Å². The predicted molar refractivity (Wildman–Crippen MR) is 59.8 cm³/mol. The third kappa shape index (κ3) is 1.95. The molecule has 0 aliphatic rings. The first-order valence-corrected chi connectivity index (χ1v) is 4.96. The second-order valence-corrected chi connectivity index (χ2v) is 3.52. The van der Waals surface area contributed by atoms with E-state index in [1.807, 2.05) is 0 Å². The normalized spacial score (nSPS) is 10.1. The van der Waals surface area contributed by atoms with Crippen LogP contribution in [0.1, 0.15) is 10.4 Å². The van der Waals surface area contributed by atoms with Crippen molar-refractivity contribution >= 4 is 16.8 Å². The molecule has 1 aromatic carbocycles. The van der Waals surface area contributed by atoms with Gasteiger partial charge in [-0.15, -0.1) is 0 Å². The van der Waals surface area contributed by atoms with Gasteiger partial charge in [0, 0.05) is 18.0 Å². The van der Waals surface area contributed by atoms with Crippen LogP contribution in [-0.4, -0.2) is 10.2 Å². The predicted octanol–water partition coefficient (Wildman–Crippen LogP) is 3.27. The molecule has 16 heavy (non-hydrogen) atoms. The average Bonchev–Trinajstić information content (AvgIpc) is 2.29. The molecule has 0 unspecified atom stereocenters. The van der Waals surface area contributed by atoms with Crippen molar-refractivity contribution in [3.05, 3.63) is 54.1 Å². The molecule has 0 saturated carbocycles. The Kier molecular flexibility index (Phi) is 2.97. The van der Waals surface area contributed by atoms with Crippen molar-refractivity contribution in [3.63, 3.8) is 0 Å². The highest BCUT2D eigenvalue weighted by Crippen LogP contribution is 2.26. The highest BCUT2D eigenvalue weighted by atomic mass is 35.5. The smallest absolute Gasteiger partial charge is 0.255 e. The van der Waals surface area contributed by atoms with Crippen LogP contribution in [0.15, 0.2) is 42.7 Å². The van der Waals surface area contributed by atoms with E-state index in [2.05, 4.69) is 4.98 Å². The van der Waals surface area contributed by atoms with E-state index in [0.29, 0.717) is 11.1 Å². The quantitative estimate of drug-likeness (QED) is 0.748. The largest absolute Gasteiger partial charge is 0.275 e. The van der Waals surface area contributed by atoms with Crippen molar-refractivity contribution in [1.29, 1.82) is 0 Å². The molecule has 0 spiro atoms. The molecule has 0 amide bonds. The van der Waals surface area contributed by atoms with Crippen LogP contribution in [0.5, 0.6) is 0 Å². The lowest BCUT2D eigenvalue weighted by Crippen LogP contribution is -1.98. The number of carbonyl (C=O) groups excluding carboxylic acids is 1. The monoisotopic (exact) mass is 235 g/mol. The van der Waals surface area contributed by atoms with Crippen LogP contribution in [0, 0.1) is 5.82 Å². The molecule has 0 aliphatic heterocycles. The Hall–Kier alpha value is -1.74. The minimum absolute atomic E-state index is 0.114. The van der Waals surface area contributed by atoms with Crippen LogP contribution in [0.25, 0.3) is 11.1 Å². The zero-order valence-electron chi connectivity index (χ0n) is 8.15. The SMILES string of the molecule is O=C(Cl)c1c(F)cccc1-c1cccnc1. The first-order chi connectivity index (χ1) is 7.70. The summed E-state index contributed by atoms with van der Waals surface area (Å²) in [7, 11) is 0. The van der Waals surface area contributed by atoms with E-state index in [1.165, 1.54) is 12.1 Å². The van der Waals surface area contributed by atoms with Gasteiger partial charge in [0.1, 0.15) is 5.82 Å². The van der Waals surface area contributed by atoms with E-state index in [0.717, 1.165) is 0 Å². The van der Waals surface area contributed by atoms with Crippen molar-refractivity contribution in [2.45, 2.75) is 0 Å². The summed E-state index contributed by atoms with van der Waals surface area (Å²) in [6, 6.07) is 7.82. The maximum absolute atomic E-state index is 13.5. The minimum atomic E-state index is -0.808. The van der Waals surface area contributed by atoms with E-state index >= 15 is 0 Å². The molecular weight excluding hydrogens is 229 g/mol. The summed E-state index contributed by atoms with van der Waals surface area (Å²) in [5.74, 6) is -0.624. The third-order valence-electron chi connectivity index (χ3n) is 2.18. The molecule has 0 saturated heterocycles. The maximum atomic E-state index is 13.5. The van der Waals surface area contributed by atoms with E-state index in [-0.39, 0.29) is 5.56 Å². The zero-order valence-corrected chi connectivity index (χ0v) is 8.91. The fraction of sp³-hybridized carbons (Fsp3) is 0. The molecule has 0 fully saturated rings. The molecular formula is C12H7ClFNO. The third-order valence-corrected chi connectivity index (χ3v) is 2.37. The second-order valence-electron chi connectivity index (χ2n) is 3.18. The van der Waals surface area contributed by atoms with Crippen molar-refractivity contribution in [2.24, 2.45) is 0 Å². The molecule has 2 aromatic rings. The van der Waals surface area contributed by atoms with Gasteiger partial charge >= 0.3 is 0 Å². The second kappa shape index (κ2) is 4.41. The highest BCUT2D eigenvalue weighted by Gasteiger charge is 2.15. The lowest BCUT2D eigenvalue weighted by molar-refractivity contribution is 0.107. The molecule has 0 atom stereocenters. The summed E-state index contributed by atoms with van der Waals surface area (Å²) < 4.78 is 13.5. The molecule has 0 N–H and O–H groups in total. The van der Waals surface area contributed by atoms with Crippen LogP contribution in [0.3, 0.4) is 0 Å². The Labute approximate surface area is 96.7 Å². The topological polar surface area (TPSA) is 30.0 Å². The van der Waals surface area contributed by atoms with Crippen LogP contribution in [0.2, 0.25) is 0 Å². The Bertz CT molecular complexity index is 528. The molecule has 0 radical (unpaired) electrons. The van der Waals surface area contributed by atoms with Crippen molar-refractivity contribution in [1.82, 2.24) is 4.98 Å². The molecule has 1 aromatic heterocycles. The zero-order chi connectivity index (χ0) is 11.5. The van der Waals surface area contributed by atoms with Gasteiger partial charge in [-0.25, -0.2) is 4.39 Å². The fourth-order valence-corrected chi connectivity index (χ4v) is 1.68. The van der Waals surface area contributed by atoms with Crippen LogP contribution in [-0.2, 0) is 0 Å². The summed E-state index contributed by atoms with van der Waals surface area (Å²) in [5, 5.41) is -0.808. The summed E-state index contributed by atoms with van der Waals surface area (Å²) in [6.07, 6.45) is 3.16. The number of carbonyl (C=O) groups is 1. The van der Waals surface area contributed by atoms with Gasteiger partial charge < -0.3 is 0 Å². The maximum Gasteiger partial charge on any atom is 0.255 e. The van der Waals surface area contributed by atoms with E-state index < -0.39 is 11.1 Å². The first kappa shape index (κ1) is 10.8. The number of aromatic nitrogens is 1. The van der Waals surface area contributed by atoms with Crippen molar-refractivity contribution in [3.8, 4) is 11.1 Å². The first-order valence-electron chi connectivity index (χ1n) is 4.59. The lowest BCUT2D eigenvalue weighted by atomic mass is 10.0. The minimum Gasteiger partial charge on any atom is -0.275 e. The Balaban J connectivity index is 2.66. The average molecular weight is 236 g/mol. The number of hydrogen-bond donors (Lipinski definition) is 0. The van der Waals surface area contributed by atoms with Crippen molar-refractivity contribution < 1.29 is 9.18 Å². The summed E-state index contributed by atoms with van der Waals surface area (Å²) in [5.41, 5.74) is 0.997. The van der Waals surface area contributed by atoms with Gasteiger partial charge in [-0.05, 0) is 29.3 Å². The van der Waals surface area contributed by atoms with Crippen LogP contribution >= 0.6 is 11.6 Å². The fourth-order valence-electron chi connectivity index (χ4n) is 1.49. The Morgan fingerprint density at radius 3 is 2.69 bits per heavy atom. The Morgan fingerprint density at radius 2 is 2.06 bits per heavy atom. The highest BCUT2D eigenvalue weighted by molar-refractivity contribution is 6.68. The van der Waals surface area contributed by atoms with Gasteiger partial charge in [-0.3, -0.25) is 9.78 Å². The Morgan fingerprint density at radius 1 is 1.25 bits per heavy atom. The van der Waals surface area contributed by atoms with Gasteiger partial charge in [0.25, 0.3) is 5.24 Å². The van der Waals surface area contributed by atoms with Crippen LogP contribution < -0.4 is 0 Å². The summed E-state index contributed by atoms with van der Waals surface area (Å²) in [6.45, 7) is 0. The molecule has 1 heterocycles. The number of benzene rings is 1. The molecule has 0 aliphatic carbocycles.